The third-order valence-electron chi connectivity index (χ3n) is 10.5. The zero-order chi connectivity index (χ0) is 36.9. The highest BCUT2D eigenvalue weighted by Gasteiger charge is 2.41. The molecule has 0 aliphatic carbocycles. The van der Waals surface area contributed by atoms with Crippen molar-refractivity contribution in [2.45, 2.75) is 6.04 Å². The van der Waals surface area contributed by atoms with Gasteiger partial charge < -0.3 is 9.13 Å². The smallest absolute Gasteiger partial charge is 0.171 e. The van der Waals surface area contributed by atoms with Crippen LogP contribution in [0.25, 0.3) is 0 Å². The van der Waals surface area contributed by atoms with Crippen LogP contribution in [-0.2, 0) is 15.2 Å². The monoisotopic (exact) mass is 750 g/mol. The Hall–Kier alpha value is -5.56. The molecule has 0 fully saturated rings. The van der Waals surface area contributed by atoms with Crippen molar-refractivity contribution in [1.29, 1.82) is 0 Å². The Morgan fingerprint density at radius 1 is 0.278 bits per heavy atom. The van der Waals surface area contributed by atoms with E-state index in [0.29, 0.717) is 0 Å². The number of hydrogen-bond acceptors (Lipinski definition) is 2. The molecule has 0 aliphatic heterocycles. The summed E-state index contributed by atoms with van der Waals surface area (Å²) in [6.07, 6.45) is 0. The zero-order valence-corrected chi connectivity index (χ0v) is 32.6. The lowest BCUT2D eigenvalue weighted by Crippen LogP contribution is -2.69. The molecular weight excluding hydrogens is 711 g/mol. The van der Waals surface area contributed by atoms with Gasteiger partial charge in [0.1, 0.15) is 0 Å². The first-order valence-electron chi connectivity index (χ1n) is 18.3. The van der Waals surface area contributed by atoms with Crippen molar-refractivity contribution in [1.82, 2.24) is 0 Å². The summed E-state index contributed by atoms with van der Waals surface area (Å²) in [4.78, 5) is 0. The summed E-state index contributed by atoms with van der Waals surface area (Å²) in [5, 5.41) is 8.59. The number of rotatable bonds is 11. The second kappa shape index (κ2) is 15.4. The molecule has 8 rings (SSSR count). The van der Waals surface area contributed by atoms with Crippen molar-refractivity contribution in [2.24, 2.45) is 0 Å². The molecule has 8 aromatic rings. The molecule has 0 heterocycles. The van der Waals surface area contributed by atoms with Gasteiger partial charge in [-0.1, -0.05) is 231 Å². The molecule has 0 N–H and O–H groups in total. The van der Waals surface area contributed by atoms with Crippen LogP contribution in [-0.4, -0.2) is 8.07 Å². The topological polar surface area (TPSA) is 34.1 Å². The van der Waals surface area contributed by atoms with Crippen LogP contribution in [0.4, 0.5) is 0 Å². The molecule has 0 aliphatic rings. The standard InChI is InChI=1S/C49H40O2P2Si/c50-52(41-21-9-2-10-22-41,42-23-11-3-12-24-42)45-31-35-48(36-32-45)54(47-29-17-6-18-30-47,39-40-19-7-1-8-20-40)49-37-33-46(34-38-49)53(51,43-25-13-4-14-26-43)44-27-15-5-16-28-44/h1-38H,39H2. The lowest BCUT2D eigenvalue weighted by atomic mass is 10.2. The number of hydrogen-bond donors (Lipinski definition) is 0. The van der Waals surface area contributed by atoms with Crippen molar-refractivity contribution >= 4 is 69.7 Å². The van der Waals surface area contributed by atoms with Gasteiger partial charge in [-0.05, 0) is 27.2 Å². The molecule has 0 saturated carbocycles. The quantitative estimate of drug-likeness (QED) is 0.0796. The lowest BCUT2D eigenvalue weighted by molar-refractivity contribution is 0.591. The Balaban J connectivity index is 1.32. The van der Waals surface area contributed by atoms with Gasteiger partial charge in [-0.15, -0.1) is 0 Å². The summed E-state index contributed by atoms with van der Waals surface area (Å²) in [5.41, 5.74) is 1.25. The molecule has 0 radical (unpaired) electrons. The second-order valence-electron chi connectivity index (χ2n) is 13.6. The van der Waals surface area contributed by atoms with Gasteiger partial charge in [-0.2, -0.15) is 0 Å². The van der Waals surface area contributed by atoms with E-state index in [0.717, 1.165) is 37.9 Å². The fourth-order valence-electron chi connectivity index (χ4n) is 7.79. The Labute approximate surface area is 319 Å². The fraction of sp³-hybridized carbons (Fsp3) is 0.0204. The molecule has 0 unspecified atom stereocenters. The molecule has 0 aromatic heterocycles. The minimum absolute atomic E-state index is 0.807. The average molecular weight is 751 g/mol. The van der Waals surface area contributed by atoms with E-state index < -0.39 is 22.4 Å². The average Bonchev–Trinajstić information content (AvgIpc) is 3.27. The number of benzene rings is 8. The minimum atomic E-state index is -3.16. The lowest BCUT2D eigenvalue weighted by Gasteiger charge is -2.35. The van der Waals surface area contributed by atoms with Gasteiger partial charge in [0.25, 0.3) is 0 Å². The van der Waals surface area contributed by atoms with Crippen molar-refractivity contribution in [2.75, 3.05) is 0 Å². The van der Waals surface area contributed by atoms with E-state index in [1.807, 2.05) is 121 Å². The van der Waals surface area contributed by atoms with Crippen LogP contribution in [0.1, 0.15) is 5.56 Å². The summed E-state index contributed by atoms with van der Waals surface area (Å²) >= 11 is 0. The first kappa shape index (κ1) is 35.5. The normalized spacial score (nSPS) is 11.9. The second-order valence-corrected chi connectivity index (χ2v) is 23.0. The molecule has 262 valence electrons. The first-order valence-corrected chi connectivity index (χ1v) is 23.9. The predicted molar refractivity (Wildman–Crippen MR) is 233 cm³/mol. The highest BCUT2D eigenvalue weighted by Crippen LogP contribution is 2.43. The maximum atomic E-state index is 15.4. The zero-order valence-electron chi connectivity index (χ0n) is 29.9. The minimum Gasteiger partial charge on any atom is -0.309 e. The summed E-state index contributed by atoms with van der Waals surface area (Å²) in [6.45, 7) is 0. The van der Waals surface area contributed by atoms with Crippen molar-refractivity contribution in [3.05, 3.63) is 236 Å². The molecule has 54 heavy (non-hydrogen) atoms. The Kier molecular flexibility index (Phi) is 10.1. The third kappa shape index (κ3) is 6.50. The molecule has 0 spiro atoms. The highest BCUT2D eigenvalue weighted by molar-refractivity contribution is 7.85. The van der Waals surface area contributed by atoms with E-state index in [-0.39, 0.29) is 0 Å². The van der Waals surface area contributed by atoms with Crippen LogP contribution < -0.4 is 47.4 Å². The van der Waals surface area contributed by atoms with E-state index in [9.17, 15) is 0 Å². The van der Waals surface area contributed by atoms with E-state index in [1.165, 1.54) is 21.1 Å². The van der Waals surface area contributed by atoms with Gasteiger partial charge in [0.15, 0.2) is 22.4 Å². The Morgan fingerprint density at radius 2 is 0.519 bits per heavy atom. The van der Waals surface area contributed by atoms with Crippen LogP contribution in [0.15, 0.2) is 231 Å². The van der Waals surface area contributed by atoms with Gasteiger partial charge in [-0.3, -0.25) is 0 Å². The molecule has 2 nitrogen and oxygen atoms in total. The van der Waals surface area contributed by atoms with Crippen LogP contribution in [0, 0.1) is 0 Å². The Bertz CT molecular complexity index is 2300. The van der Waals surface area contributed by atoms with Crippen molar-refractivity contribution in [3.63, 3.8) is 0 Å². The molecule has 0 saturated heterocycles. The van der Waals surface area contributed by atoms with Crippen LogP contribution >= 0.6 is 14.3 Å². The molecule has 5 heteroatoms. The van der Waals surface area contributed by atoms with Crippen LogP contribution in [0.5, 0.6) is 0 Å². The molecule has 0 amide bonds. The maximum absolute atomic E-state index is 15.4. The van der Waals surface area contributed by atoms with Crippen LogP contribution in [0.3, 0.4) is 0 Å². The van der Waals surface area contributed by atoms with Crippen molar-refractivity contribution < 1.29 is 9.13 Å². The van der Waals surface area contributed by atoms with E-state index in [4.69, 9.17) is 0 Å². The van der Waals surface area contributed by atoms with E-state index >= 15 is 9.13 Å². The van der Waals surface area contributed by atoms with Gasteiger partial charge in [0.2, 0.25) is 0 Å². The van der Waals surface area contributed by atoms with Gasteiger partial charge in [-0.25, -0.2) is 0 Å². The molecular formula is C49H40O2P2Si. The molecule has 0 bridgehead atoms. The highest BCUT2D eigenvalue weighted by atomic mass is 31.2. The maximum Gasteiger partial charge on any atom is 0.171 e. The van der Waals surface area contributed by atoms with Crippen LogP contribution in [0.2, 0.25) is 0 Å². The van der Waals surface area contributed by atoms with E-state index in [1.54, 1.807) is 0 Å². The molecule has 8 aromatic carbocycles. The van der Waals surface area contributed by atoms with Crippen molar-refractivity contribution in [3.8, 4) is 0 Å². The molecule has 0 atom stereocenters. The van der Waals surface area contributed by atoms with Gasteiger partial charge >= 0.3 is 0 Å². The summed E-state index contributed by atoms with van der Waals surface area (Å²) in [7, 11) is -9.14. The SMILES string of the molecule is O=P(c1ccccc1)(c1ccccc1)c1ccc([Si](Cc2ccccc2)(c2ccccc2)c2ccc(P(=O)(c3ccccc3)c3ccccc3)cc2)cc1. The van der Waals surface area contributed by atoms with Gasteiger partial charge in [0, 0.05) is 31.8 Å². The Morgan fingerprint density at radius 3 is 0.833 bits per heavy atom. The summed E-state index contributed by atoms with van der Waals surface area (Å²) in [6, 6.07) is 79.1. The third-order valence-corrected chi connectivity index (χ3v) is 21.6. The summed E-state index contributed by atoms with van der Waals surface area (Å²) in [5.74, 6) is 0. The fourth-order valence-corrected chi connectivity index (χ4v) is 17.8. The summed E-state index contributed by atoms with van der Waals surface area (Å²) < 4.78 is 30.7. The van der Waals surface area contributed by atoms with E-state index in [2.05, 4.69) is 109 Å². The largest absolute Gasteiger partial charge is 0.309 e. The van der Waals surface area contributed by atoms with Gasteiger partial charge in [0.05, 0.1) is 0 Å². The predicted octanol–water partition coefficient (Wildman–Crippen LogP) is 7.22. The first-order chi connectivity index (χ1) is 26.5.